The second-order valence-corrected chi connectivity index (χ2v) is 6.60. The van der Waals surface area contributed by atoms with Crippen LogP contribution in [-0.4, -0.2) is 38.3 Å². The lowest BCUT2D eigenvalue weighted by molar-refractivity contribution is 0.119. The second-order valence-electron chi connectivity index (χ2n) is 6.60. The number of benzene rings is 2. The average Bonchev–Trinajstić information content (AvgIpc) is 2.68. The van der Waals surface area contributed by atoms with Crippen molar-refractivity contribution < 1.29 is 9.47 Å². The van der Waals surface area contributed by atoms with Gasteiger partial charge < -0.3 is 9.47 Å². The molecule has 2 atom stereocenters. The normalized spacial score (nSPS) is 20.8. The van der Waals surface area contributed by atoms with Crippen molar-refractivity contribution in [3.63, 3.8) is 0 Å². The van der Waals surface area contributed by atoms with Crippen LogP contribution in [0.15, 0.2) is 67.3 Å². The van der Waals surface area contributed by atoms with E-state index in [0.29, 0.717) is 11.8 Å². The molecule has 132 valence electrons. The van der Waals surface area contributed by atoms with E-state index in [9.17, 15) is 0 Å². The number of methoxy groups -OCH3 is 1. The molecule has 0 N–H and O–H groups in total. The Morgan fingerprint density at radius 2 is 1.80 bits per heavy atom. The van der Waals surface area contributed by atoms with Crippen LogP contribution >= 0.6 is 0 Å². The molecule has 0 aromatic heterocycles. The van der Waals surface area contributed by atoms with E-state index in [1.165, 1.54) is 5.56 Å². The van der Waals surface area contributed by atoms with Gasteiger partial charge in [-0.25, -0.2) is 0 Å². The highest BCUT2D eigenvalue weighted by molar-refractivity contribution is 5.31. The lowest BCUT2D eigenvalue weighted by Gasteiger charge is -2.38. The molecule has 1 aliphatic rings. The third-order valence-electron chi connectivity index (χ3n) is 4.96. The highest BCUT2D eigenvalue weighted by atomic mass is 16.5. The number of likely N-dealkylation sites (tertiary alicyclic amines) is 1. The molecule has 0 unspecified atom stereocenters. The highest BCUT2D eigenvalue weighted by Crippen LogP contribution is 2.33. The molecular weight excluding hydrogens is 310 g/mol. The molecule has 0 amide bonds. The highest BCUT2D eigenvalue weighted by Gasteiger charge is 2.30. The van der Waals surface area contributed by atoms with Crippen molar-refractivity contribution in [2.24, 2.45) is 5.92 Å². The Kier molecular flexibility index (Phi) is 6.13. The van der Waals surface area contributed by atoms with Crippen LogP contribution in [0.4, 0.5) is 0 Å². The second kappa shape index (κ2) is 8.72. The SMILES string of the molecule is C=CCN1CC[C@@H](c2ccccc2)[C@H](COc2ccc(OC)cc2)C1. The van der Waals surface area contributed by atoms with Gasteiger partial charge in [0.15, 0.2) is 0 Å². The molecule has 0 radical (unpaired) electrons. The average molecular weight is 337 g/mol. The Balaban J connectivity index is 1.69. The van der Waals surface area contributed by atoms with Crippen LogP contribution in [0.3, 0.4) is 0 Å². The number of ether oxygens (including phenoxy) is 2. The number of rotatable bonds is 7. The zero-order valence-electron chi connectivity index (χ0n) is 14.9. The fraction of sp³-hybridized carbons (Fsp3) is 0.364. The van der Waals surface area contributed by atoms with Crippen molar-refractivity contribution in [3.05, 3.63) is 72.8 Å². The molecule has 3 heteroatoms. The van der Waals surface area contributed by atoms with Gasteiger partial charge in [-0.3, -0.25) is 4.90 Å². The maximum absolute atomic E-state index is 6.12. The summed E-state index contributed by atoms with van der Waals surface area (Å²) in [6.45, 7) is 7.71. The van der Waals surface area contributed by atoms with Gasteiger partial charge in [0.1, 0.15) is 11.5 Å². The Bertz CT molecular complexity index is 653. The molecule has 3 nitrogen and oxygen atoms in total. The molecule has 0 bridgehead atoms. The van der Waals surface area contributed by atoms with Crippen LogP contribution in [0.1, 0.15) is 17.9 Å². The largest absolute Gasteiger partial charge is 0.497 e. The van der Waals surface area contributed by atoms with Crippen LogP contribution < -0.4 is 9.47 Å². The summed E-state index contributed by atoms with van der Waals surface area (Å²) in [6.07, 6.45) is 3.15. The summed E-state index contributed by atoms with van der Waals surface area (Å²) in [5.74, 6) is 2.76. The Hall–Kier alpha value is -2.26. The van der Waals surface area contributed by atoms with E-state index in [4.69, 9.17) is 9.47 Å². The number of hydrogen-bond acceptors (Lipinski definition) is 3. The van der Waals surface area contributed by atoms with Gasteiger partial charge in [-0.15, -0.1) is 6.58 Å². The van der Waals surface area contributed by atoms with Gasteiger partial charge in [-0.1, -0.05) is 36.4 Å². The first-order valence-corrected chi connectivity index (χ1v) is 8.95. The fourth-order valence-corrected chi connectivity index (χ4v) is 3.64. The zero-order valence-corrected chi connectivity index (χ0v) is 14.9. The predicted molar refractivity (Wildman–Crippen MR) is 102 cm³/mol. The molecular formula is C22H27NO2. The molecule has 0 saturated carbocycles. The first-order chi connectivity index (χ1) is 12.3. The monoisotopic (exact) mass is 337 g/mol. The minimum atomic E-state index is 0.471. The van der Waals surface area contributed by atoms with Gasteiger partial charge in [0.05, 0.1) is 13.7 Å². The van der Waals surface area contributed by atoms with E-state index >= 15 is 0 Å². The summed E-state index contributed by atoms with van der Waals surface area (Å²) in [4.78, 5) is 2.47. The maximum atomic E-state index is 6.12. The summed E-state index contributed by atoms with van der Waals surface area (Å²) >= 11 is 0. The third-order valence-corrected chi connectivity index (χ3v) is 4.96. The standard InChI is InChI=1S/C22H27NO2/c1-3-14-23-15-13-22(18-7-5-4-6-8-18)19(16-23)17-25-21-11-9-20(24-2)10-12-21/h3-12,19,22H,1,13-17H2,2H3/t19-,22-/m0/s1. The fourth-order valence-electron chi connectivity index (χ4n) is 3.64. The third kappa shape index (κ3) is 4.64. The van der Waals surface area contributed by atoms with Crippen molar-refractivity contribution in [2.45, 2.75) is 12.3 Å². The van der Waals surface area contributed by atoms with Crippen molar-refractivity contribution in [3.8, 4) is 11.5 Å². The minimum absolute atomic E-state index is 0.471. The van der Waals surface area contributed by atoms with Crippen LogP contribution in [0, 0.1) is 5.92 Å². The van der Waals surface area contributed by atoms with Crippen molar-refractivity contribution in [2.75, 3.05) is 33.4 Å². The molecule has 0 aliphatic carbocycles. The van der Waals surface area contributed by atoms with Crippen LogP contribution in [0.5, 0.6) is 11.5 Å². The van der Waals surface area contributed by atoms with E-state index in [0.717, 1.165) is 44.2 Å². The summed E-state index contributed by atoms with van der Waals surface area (Å²) in [5.41, 5.74) is 1.42. The molecule has 1 saturated heterocycles. The van der Waals surface area contributed by atoms with E-state index in [-0.39, 0.29) is 0 Å². The molecule has 1 aliphatic heterocycles. The first-order valence-electron chi connectivity index (χ1n) is 8.95. The molecule has 1 fully saturated rings. The minimum Gasteiger partial charge on any atom is -0.497 e. The van der Waals surface area contributed by atoms with Crippen LogP contribution in [0.25, 0.3) is 0 Å². The van der Waals surface area contributed by atoms with E-state index in [1.807, 2.05) is 30.3 Å². The number of hydrogen-bond donors (Lipinski definition) is 0. The quantitative estimate of drug-likeness (QED) is 0.701. The van der Waals surface area contributed by atoms with Gasteiger partial charge in [0.2, 0.25) is 0 Å². The Morgan fingerprint density at radius 3 is 2.48 bits per heavy atom. The lowest BCUT2D eigenvalue weighted by atomic mass is 9.81. The Morgan fingerprint density at radius 1 is 1.08 bits per heavy atom. The molecule has 25 heavy (non-hydrogen) atoms. The van der Waals surface area contributed by atoms with Crippen molar-refractivity contribution >= 4 is 0 Å². The van der Waals surface area contributed by atoms with Gasteiger partial charge >= 0.3 is 0 Å². The topological polar surface area (TPSA) is 21.7 Å². The van der Waals surface area contributed by atoms with Crippen LogP contribution in [-0.2, 0) is 0 Å². The zero-order chi connectivity index (χ0) is 17.5. The van der Waals surface area contributed by atoms with Crippen molar-refractivity contribution in [1.82, 2.24) is 4.90 Å². The molecule has 0 spiro atoms. The van der Waals surface area contributed by atoms with Crippen LogP contribution in [0.2, 0.25) is 0 Å². The first kappa shape index (κ1) is 17.6. The summed E-state index contributed by atoms with van der Waals surface area (Å²) in [6, 6.07) is 18.7. The molecule has 2 aromatic carbocycles. The summed E-state index contributed by atoms with van der Waals surface area (Å²) in [7, 11) is 1.68. The van der Waals surface area contributed by atoms with E-state index in [1.54, 1.807) is 7.11 Å². The van der Waals surface area contributed by atoms with E-state index in [2.05, 4.69) is 41.8 Å². The maximum Gasteiger partial charge on any atom is 0.119 e. The van der Waals surface area contributed by atoms with Gasteiger partial charge in [0, 0.05) is 19.0 Å². The van der Waals surface area contributed by atoms with Gasteiger partial charge in [-0.2, -0.15) is 0 Å². The lowest BCUT2D eigenvalue weighted by Crippen LogP contribution is -2.41. The number of nitrogens with zero attached hydrogens (tertiary/aromatic N) is 1. The predicted octanol–water partition coefficient (Wildman–Crippen LogP) is 4.37. The van der Waals surface area contributed by atoms with E-state index < -0.39 is 0 Å². The summed E-state index contributed by atoms with van der Waals surface area (Å²) < 4.78 is 11.3. The Labute approximate surface area is 150 Å². The molecule has 1 heterocycles. The van der Waals surface area contributed by atoms with Crippen molar-refractivity contribution in [1.29, 1.82) is 0 Å². The molecule has 2 aromatic rings. The molecule has 3 rings (SSSR count). The smallest absolute Gasteiger partial charge is 0.119 e. The van der Waals surface area contributed by atoms with Gasteiger partial charge in [-0.05, 0) is 48.7 Å². The number of piperidine rings is 1. The van der Waals surface area contributed by atoms with Gasteiger partial charge in [0.25, 0.3) is 0 Å². The summed E-state index contributed by atoms with van der Waals surface area (Å²) in [5, 5.41) is 0.